The van der Waals surface area contributed by atoms with Crippen LogP contribution in [0.5, 0.6) is 0 Å². The molecule has 2 heterocycles. The normalized spacial score (nSPS) is 12.6. The average molecular weight is 550 g/mol. The molecule has 0 saturated heterocycles. The highest BCUT2D eigenvalue weighted by molar-refractivity contribution is 6.30. The number of carbonyl (C=O) groups is 1. The topological polar surface area (TPSA) is 90.9 Å². The van der Waals surface area contributed by atoms with Gasteiger partial charge in [-0.2, -0.15) is 0 Å². The lowest BCUT2D eigenvalue weighted by Gasteiger charge is -2.31. The van der Waals surface area contributed by atoms with Gasteiger partial charge in [0.25, 0.3) is 5.56 Å². The van der Waals surface area contributed by atoms with Gasteiger partial charge < -0.3 is 14.6 Å². The minimum Gasteiger partial charge on any atom is -0.460 e. The second kappa shape index (κ2) is 11.7. The van der Waals surface area contributed by atoms with Crippen molar-refractivity contribution in [3.05, 3.63) is 79.3 Å². The molecule has 0 spiro atoms. The summed E-state index contributed by atoms with van der Waals surface area (Å²) in [5.74, 6) is 0.298. The Morgan fingerprint density at radius 3 is 2.51 bits per heavy atom. The second-order valence-electron chi connectivity index (χ2n) is 11.0. The van der Waals surface area contributed by atoms with E-state index in [4.69, 9.17) is 16.3 Å². The van der Waals surface area contributed by atoms with Gasteiger partial charge in [-0.3, -0.25) is 14.5 Å². The number of fused-ring (bicyclic) bond motifs is 2. The minimum absolute atomic E-state index is 0.202. The third-order valence-electron chi connectivity index (χ3n) is 6.53. The van der Waals surface area contributed by atoms with Crippen molar-refractivity contribution in [2.75, 3.05) is 24.5 Å². The van der Waals surface area contributed by atoms with Crippen LogP contribution in [0.3, 0.4) is 0 Å². The summed E-state index contributed by atoms with van der Waals surface area (Å²) in [4.78, 5) is 41.3. The molecule has 0 bridgehead atoms. The monoisotopic (exact) mass is 549 g/mol. The van der Waals surface area contributed by atoms with Gasteiger partial charge in [0.05, 0.1) is 11.4 Å². The van der Waals surface area contributed by atoms with Crippen molar-refractivity contribution in [1.82, 2.24) is 14.9 Å². The lowest BCUT2D eigenvalue weighted by Crippen LogP contribution is -2.44. The quantitative estimate of drug-likeness (QED) is 0.396. The van der Waals surface area contributed by atoms with Crippen LogP contribution < -0.4 is 21.3 Å². The van der Waals surface area contributed by atoms with Gasteiger partial charge in [-0.05, 0) is 88.5 Å². The number of esters is 1. The summed E-state index contributed by atoms with van der Waals surface area (Å²) in [7, 11) is 0. The number of benzene rings is 2. The Bertz CT molecular complexity index is 1530. The van der Waals surface area contributed by atoms with Gasteiger partial charge in [0, 0.05) is 31.1 Å². The van der Waals surface area contributed by atoms with Crippen LogP contribution in [-0.4, -0.2) is 46.1 Å². The molecule has 0 amide bonds. The Kier molecular flexibility index (Phi) is 8.57. The largest absolute Gasteiger partial charge is 0.460 e. The Morgan fingerprint density at radius 1 is 1.13 bits per heavy atom. The van der Waals surface area contributed by atoms with E-state index in [0.29, 0.717) is 55.3 Å². The van der Waals surface area contributed by atoms with Gasteiger partial charge in [-0.1, -0.05) is 30.3 Å². The van der Waals surface area contributed by atoms with Crippen LogP contribution in [0.4, 0.5) is 17.2 Å². The molecule has 9 heteroatoms. The van der Waals surface area contributed by atoms with E-state index < -0.39 is 5.60 Å². The van der Waals surface area contributed by atoms with Crippen LogP contribution in [0.2, 0.25) is 5.02 Å². The van der Waals surface area contributed by atoms with Crippen molar-refractivity contribution in [3.8, 4) is 0 Å². The fourth-order valence-corrected chi connectivity index (χ4v) is 4.67. The van der Waals surface area contributed by atoms with E-state index in [1.165, 1.54) is 0 Å². The standard InChI is InChI=1S/C30H36ClN5O3/c1-19-16-24-25(17-20(19)2)36(28-27(34-24)29(38)33-21(3)32-28)15-14-35(18-22-9-11-23(31)12-10-22)13-7-8-26(37)39-30(4,5)6/h9-12,16-17H,3,7-8,13-15,18H2,1-2,4-6H3,(H,33,38). The fraction of sp³-hybridized carbons (Fsp3) is 0.400. The average Bonchev–Trinajstić information content (AvgIpc) is 2.83. The van der Waals surface area contributed by atoms with Gasteiger partial charge in [-0.15, -0.1) is 0 Å². The Balaban J connectivity index is 1.59. The molecule has 0 radical (unpaired) electrons. The molecule has 0 fully saturated rings. The molecule has 8 nitrogen and oxygen atoms in total. The minimum atomic E-state index is -0.505. The van der Waals surface area contributed by atoms with Gasteiger partial charge in [0.2, 0.25) is 0 Å². The van der Waals surface area contributed by atoms with Crippen LogP contribution in [0.1, 0.15) is 50.3 Å². The van der Waals surface area contributed by atoms with E-state index in [9.17, 15) is 9.59 Å². The maximum Gasteiger partial charge on any atom is 0.306 e. The molecular formula is C30H36ClN5O3. The van der Waals surface area contributed by atoms with Crippen molar-refractivity contribution in [3.63, 3.8) is 0 Å². The predicted octanol–water partition coefficient (Wildman–Crippen LogP) is 4.48. The van der Waals surface area contributed by atoms with Crippen molar-refractivity contribution >= 4 is 41.3 Å². The SMILES string of the molecule is C=c1nc2c(c(=O)[nH]1)=Nc1cc(C)c(C)cc1N2CCN(CCCC(=O)OC(C)(C)C)Cc1ccc(Cl)cc1. The molecule has 1 N–H and O–H groups in total. The van der Waals surface area contributed by atoms with E-state index in [0.717, 1.165) is 28.1 Å². The summed E-state index contributed by atoms with van der Waals surface area (Å²) in [6, 6.07) is 11.9. The molecule has 2 aromatic carbocycles. The first kappa shape index (κ1) is 28.5. The van der Waals surface area contributed by atoms with E-state index >= 15 is 0 Å². The predicted molar refractivity (Wildman–Crippen MR) is 156 cm³/mol. The number of aryl methyl sites for hydroxylation is 2. The highest BCUT2D eigenvalue weighted by atomic mass is 35.5. The summed E-state index contributed by atoms with van der Waals surface area (Å²) < 4.78 is 5.49. The molecule has 4 rings (SSSR count). The van der Waals surface area contributed by atoms with Gasteiger partial charge in [-0.25, -0.2) is 9.98 Å². The molecule has 1 aliphatic heterocycles. The summed E-state index contributed by atoms with van der Waals surface area (Å²) in [6.45, 7) is 16.2. The van der Waals surface area contributed by atoms with E-state index in [1.807, 2.05) is 58.0 Å². The number of halogens is 1. The van der Waals surface area contributed by atoms with Crippen molar-refractivity contribution < 1.29 is 9.53 Å². The number of nitrogens with zero attached hydrogens (tertiary/aromatic N) is 4. The first-order valence-corrected chi connectivity index (χ1v) is 13.5. The molecule has 206 valence electrons. The Hall–Kier alpha value is -3.49. The fourth-order valence-electron chi connectivity index (χ4n) is 4.54. The van der Waals surface area contributed by atoms with E-state index in [2.05, 4.69) is 44.3 Å². The molecule has 0 saturated carbocycles. The number of aromatic amines is 1. The van der Waals surface area contributed by atoms with Crippen LogP contribution in [0.15, 0.2) is 46.2 Å². The zero-order chi connectivity index (χ0) is 28.3. The van der Waals surface area contributed by atoms with Gasteiger partial charge >= 0.3 is 5.97 Å². The Labute approximate surface area is 234 Å². The first-order valence-electron chi connectivity index (χ1n) is 13.1. The maximum absolute atomic E-state index is 12.8. The number of hydrogen-bond acceptors (Lipinski definition) is 7. The molecule has 1 aromatic heterocycles. The number of H-pyrrole nitrogens is 1. The van der Waals surface area contributed by atoms with Crippen molar-refractivity contribution in [2.45, 2.75) is 59.6 Å². The second-order valence-corrected chi connectivity index (χ2v) is 11.4. The molecule has 3 aromatic rings. The van der Waals surface area contributed by atoms with Crippen LogP contribution in [-0.2, 0) is 16.1 Å². The highest BCUT2D eigenvalue weighted by Gasteiger charge is 2.24. The lowest BCUT2D eigenvalue weighted by atomic mass is 10.1. The van der Waals surface area contributed by atoms with Gasteiger partial charge in [0.1, 0.15) is 11.1 Å². The number of aromatic nitrogens is 2. The third-order valence-corrected chi connectivity index (χ3v) is 6.78. The van der Waals surface area contributed by atoms with Crippen LogP contribution >= 0.6 is 11.6 Å². The maximum atomic E-state index is 12.8. The van der Waals surface area contributed by atoms with Gasteiger partial charge in [0.15, 0.2) is 11.2 Å². The number of hydrogen-bond donors (Lipinski definition) is 1. The van der Waals surface area contributed by atoms with Crippen molar-refractivity contribution in [2.24, 2.45) is 4.99 Å². The highest BCUT2D eigenvalue weighted by Crippen LogP contribution is 2.36. The zero-order valence-corrected chi connectivity index (χ0v) is 24.1. The van der Waals surface area contributed by atoms with E-state index in [1.54, 1.807) is 0 Å². The molecule has 39 heavy (non-hydrogen) atoms. The van der Waals surface area contributed by atoms with Crippen molar-refractivity contribution in [1.29, 1.82) is 0 Å². The smallest absolute Gasteiger partial charge is 0.306 e. The molecule has 0 unspecified atom stereocenters. The molecule has 0 aliphatic carbocycles. The third kappa shape index (κ3) is 7.34. The Morgan fingerprint density at radius 2 is 1.82 bits per heavy atom. The molecule has 1 aliphatic rings. The number of anilines is 2. The number of nitrogens with one attached hydrogen (secondary N) is 1. The number of rotatable bonds is 9. The number of ether oxygens (including phenoxy) is 1. The lowest BCUT2D eigenvalue weighted by molar-refractivity contribution is -0.155. The number of carbonyl (C=O) groups excluding carboxylic acids is 1. The molecular weight excluding hydrogens is 514 g/mol. The van der Waals surface area contributed by atoms with E-state index in [-0.39, 0.29) is 16.9 Å². The molecule has 0 atom stereocenters. The summed E-state index contributed by atoms with van der Waals surface area (Å²) in [5.41, 5.74) is 4.47. The first-order chi connectivity index (χ1) is 18.4. The summed E-state index contributed by atoms with van der Waals surface area (Å²) in [5, 5.41) is 0.971. The van der Waals surface area contributed by atoms with Crippen LogP contribution in [0, 0.1) is 13.8 Å². The summed E-state index contributed by atoms with van der Waals surface area (Å²) >= 11 is 6.11. The van der Waals surface area contributed by atoms with Crippen LogP contribution in [0.25, 0.3) is 6.58 Å². The zero-order valence-electron chi connectivity index (χ0n) is 23.3. The summed E-state index contributed by atoms with van der Waals surface area (Å²) in [6.07, 6.45) is 0.993.